The fourth-order valence-corrected chi connectivity index (χ4v) is 3.24. The molecule has 0 saturated carbocycles. The summed E-state index contributed by atoms with van der Waals surface area (Å²) in [6.07, 6.45) is 2.65. The van der Waals surface area contributed by atoms with Crippen molar-refractivity contribution in [2.45, 2.75) is 13.5 Å². The summed E-state index contributed by atoms with van der Waals surface area (Å²) in [5.74, 6) is -1.51. The zero-order chi connectivity index (χ0) is 23.5. The minimum Gasteiger partial charge on any atom is -0.491 e. The quantitative estimate of drug-likeness (QED) is 0.321. The highest BCUT2D eigenvalue weighted by Crippen LogP contribution is 2.26. The van der Waals surface area contributed by atoms with Crippen LogP contribution in [0.15, 0.2) is 59.7 Å². The average Bonchev–Trinajstić information content (AvgIpc) is 3.40. The number of aromatic nitrogens is 5. The number of nitrogens with zero attached hydrogens (tertiary/aromatic N) is 5. The summed E-state index contributed by atoms with van der Waals surface area (Å²) in [6, 6.07) is 10.2. The summed E-state index contributed by atoms with van der Waals surface area (Å²) >= 11 is 0. The van der Waals surface area contributed by atoms with Crippen molar-refractivity contribution < 1.29 is 18.4 Å². The molecule has 12 heteroatoms. The van der Waals surface area contributed by atoms with Crippen molar-refractivity contribution in [1.29, 1.82) is 0 Å². The van der Waals surface area contributed by atoms with Crippen LogP contribution in [-0.4, -0.2) is 36.1 Å². The Balaban J connectivity index is 1.49. The number of nitro groups is 1. The van der Waals surface area contributed by atoms with Crippen LogP contribution in [0.4, 0.5) is 14.6 Å². The van der Waals surface area contributed by atoms with Gasteiger partial charge >= 0.3 is 11.5 Å². The van der Waals surface area contributed by atoms with E-state index in [-0.39, 0.29) is 36.1 Å². The molecule has 0 aliphatic carbocycles. The fourth-order valence-electron chi connectivity index (χ4n) is 3.24. The molecule has 1 N–H and O–H groups in total. The molecule has 4 aromatic rings. The van der Waals surface area contributed by atoms with Crippen LogP contribution in [0.2, 0.25) is 0 Å². The van der Waals surface area contributed by atoms with E-state index in [1.165, 1.54) is 21.5 Å². The highest BCUT2D eigenvalue weighted by Gasteiger charge is 2.16. The van der Waals surface area contributed by atoms with Crippen LogP contribution >= 0.6 is 0 Å². The van der Waals surface area contributed by atoms with Crippen LogP contribution in [0.25, 0.3) is 16.9 Å². The first-order valence-electron chi connectivity index (χ1n) is 9.85. The van der Waals surface area contributed by atoms with Crippen molar-refractivity contribution in [2.24, 2.45) is 5.92 Å². The molecule has 10 nitrogen and oxygen atoms in total. The van der Waals surface area contributed by atoms with Gasteiger partial charge in [-0.2, -0.15) is 4.98 Å². The molecule has 0 aliphatic heterocycles. The molecule has 0 fully saturated rings. The van der Waals surface area contributed by atoms with Crippen LogP contribution in [0.3, 0.4) is 0 Å². The lowest BCUT2D eigenvalue weighted by atomic mass is 10.1. The van der Waals surface area contributed by atoms with Gasteiger partial charge in [0.15, 0.2) is 0 Å². The number of hydrogen-bond acceptors (Lipinski definition) is 6. The summed E-state index contributed by atoms with van der Waals surface area (Å²) in [7, 11) is 0. The summed E-state index contributed by atoms with van der Waals surface area (Å²) in [6.45, 7) is 2.25. The van der Waals surface area contributed by atoms with Gasteiger partial charge in [-0.15, -0.1) is 5.10 Å². The molecule has 1 atom stereocenters. The smallest absolute Gasteiger partial charge is 0.413 e. The maximum atomic E-state index is 14.1. The van der Waals surface area contributed by atoms with Crippen LogP contribution < -0.4 is 10.4 Å². The van der Waals surface area contributed by atoms with Crippen LogP contribution in [-0.2, 0) is 6.54 Å². The van der Waals surface area contributed by atoms with E-state index in [1.807, 2.05) is 6.92 Å². The molecule has 2 aromatic heterocycles. The predicted molar refractivity (Wildman–Crippen MR) is 113 cm³/mol. The first-order chi connectivity index (χ1) is 15.8. The van der Waals surface area contributed by atoms with E-state index in [2.05, 4.69) is 15.3 Å². The fraction of sp³-hybridized carbons (Fsp3) is 0.190. The number of aromatic amines is 1. The van der Waals surface area contributed by atoms with E-state index in [1.54, 1.807) is 24.3 Å². The average molecular weight is 456 g/mol. The number of benzene rings is 2. The topological polar surface area (TPSA) is 121 Å². The third kappa shape index (κ3) is 4.79. The van der Waals surface area contributed by atoms with Gasteiger partial charge in [0.05, 0.1) is 12.8 Å². The normalized spacial score (nSPS) is 12.0. The molecular weight excluding hydrogens is 438 g/mol. The molecule has 2 heterocycles. The lowest BCUT2D eigenvalue weighted by Gasteiger charge is -2.15. The van der Waals surface area contributed by atoms with E-state index in [0.29, 0.717) is 11.4 Å². The SMILES string of the molecule is C[C@H](COc1ccccc1-n1cc(-c2ccc(F)cc2F)nn1)Cn1cc([N+](=O)[O-])[nH]c1=O. The van der Waals surface area contributed by atoms with E-state index in [9.17, 15) is 23.7 Å². The highest BCUT2D eigenvalue weighted by atomic mass is 19.1. The predicted octanol–water partition coefficient (Wildman–Crippen LogP) is 3.33. The number of H-pyrrole nitrogens is 1. The van der Waals surface area contributed by atoms with Gasteiger partial charge in [-0.05, 0) is 29.2 Å². The standard InChI is InChI=1S/C21H18F2N6O4/c1-13(9-27-11-20(29(31)32)24-21(27)30)12-33-19-5-3-2-4-18(19)28-10-17(25-26-28)15-7-6-14(22)8-16(15)23/h2-8,10-11,13H,9,12H2,1H3,(H,24,30)/t13-/m0/s1. The molecular formula is C21H18F2N6O4. The Morgan fingerprint density at radius 1 is 1.21 bits per heavy atom. The molecule has 2 aromatic carbocycles. The second-order valence-corrected chi connectivity index (χ2v) is 7.41. The summed E-state index contributed by atoms with van der Waals surface area (Å²) in [4.78, 5) is 24.2. The first kappa shape index (κ1) is 21.9. The lowest BCUT2D eigenvalue weighted by molar-refractivity contribution is -0.389. The van der Waals surface area contributed by atoms with Crippen LogP contribution in [0.5, 0.6) is 5.75 Å². The van der Waals surface area contributed by atoms with Crippen molar-refractivity contribution in [3.05, 3.63) is 87.1 Å². The van der Waals surface area contributed by atoms with Crippen molar-refractivity contribution in [1.82, 2.24) is 24.5 Å². The Bertz CT molecular complexity index is 1360. The van der Waals surface area contributed by atoms with Gasteiger partial charge in [0.2, 0.25) is 0 Å². The number of ether oxygens (including phenoxy) is 1. The maximum Gasteiger partial charge on any atom is 0.413 e. The third-order valence-corrected chi connectivity index (χ3v) is 4.81. The van der Waals surface area contributed by atoms with Gasteiger partial charge < -0.3 is 14.9 Å². The second kappa shape index (κ2) is 9.02. The van der Waals surface area contributed by atoms with Gasteiger partial charge in [-0.3, -0.25) is 4.57 Å². The Labute approximate surface area is 185 Å². The van der Waals surface area contributed by atoms with E-state index >= 15 is 0 Å². The summed E-state index contributed by atoms with van der Waals surface area (Å²) in [5, 5.41) is 18.8. The second-order valence-electron chi connectivity index (χ2n) is 7.41. The zero-order valence-electron chi connectivity index (χ0n) is 17.3. The number of imidazole rings is 1. The van der Waals surface area contributed by atoms with Gasteiger partial charge in [-0.1, -0.05) is 24.3 Å². The summed E-state index contributed by atoms with van der Waals surface area (Å²) in [5.41, 5.74) is 0.308. The van der Waals surface area contributed by atoms with Crippen molar-refractivity contribution >= 4 is 5.82 Å². The van der Waals surface area contributed by atoms with Crippen molar-refractivity contribution in [2.75, 3.05) is 6.61 Å². The monoisotopic (exact) mass is 456 g/mol. The molecule has 170 valence electrons. The van der Waals surface area contributed by atoms with E-state index in [4.69, 9.17) is 4.74 Å². The van der Waals surface area contributed by atoms with E-state index in [0.717, 1.165) is 18.3 Å². The molecule has 0 aliphatic rings. The zero-order valence-corrected chi connectivity index (χ0v) is 17.3. The van der Waals surface area contributed by atoms with Gasteiger partial charge in [0.25, 0.3) is 0 Å². The molecule has 0 unspecified atom stereocenters. The number of hydrogen-bond donors (Lipinski definition) is 1. The number of halogens is 2. The third-order valence-electron chi connectivity index (χ3n) is 4.81. The van der Waals surface area contributed by atoms with E-state index < -0.39 is 22.2 Å². The van der Waals surface area contributed by atoms with Gasteiger partial charge in [-0.25, -0.2) is 18.3 Å². The highest BCUT2D eigenvalue weighted by molar-refractivity contribution is 5.59. The molecule has 0 amide bonds. The molecule has 4 rings (SSSR count). The van der Waals surface area contributed by atoms with Crippen molar-refractivity contribution in [3.63, 3.8) is 0 Å². The first-order valence-corrected chi connectivity index (χ1v) is 9.85. The van der Waals surface area contributed by atoms with Crippen LogP contribution in [0, 0.1) is 27.7 Å². The Morgan fingerprint density at radius 3 is 2.73 bits per heavy atom. The van der Waals surface area contributed by atoms with Gasteiger partial charge in [0.1, 0.15) is 35.0 Å². The Hall–Kier alpha value is -4.35. The molecule has 0 saturated heterocycles. The van der Waals surface area contributed by atoms with Crippen molar-refractivity contribution in [3.8, 4) is 22.7 Å². The minimum absolute atomic E-state index is 0.112. The summed E-state index contributed by atoms with van der Waals surface area (Å²) < 4.78 is 35.8. The molecule has 33 heavy (non-hydrogen) atoms. The minimum atomic E-state index is -0.749. The number of nitrogens with one attached hydrogen (secondary N) is 1. The molecule has 0 radical (unpaired) electrons. The lowest BCUT2D eigenvalue weighted by Crippen LogP contribution is -2.23. The number of rotatable bonds is 8. The Morgan fingerprint density at radius 2 is 2.00 bits per heavy atom. The number of para-hydroxylation sites is 2. The maximum absolute atomic E-state index is 14.1. The Kier molecular flexibility index (Phi) is 5.98. The van der Waals surface area contributed by atoms with Crippen LogP contribution in [0.1, 0.15) is 6.92 Å². The molecule has 0 spiro atoms. The molecule has 0 bridgehead atoms. The van der Waals surface area contributed by atoms with Gasteiger partial charge in [0, 0.05) is 24.1 Å². The largest absolute Gasteiger partial charge is 0.491 e.